The van der Waals surface area contributed by atoms with Crippen molar-refractivity contribution in [2.75, 3.05) is 33.9 Å². The molecule has 146 valence electrons. The van der Waals surface area contributed by atoms with Crippen molar-refractivity contribution in [1.29, 1.82) is 0 Å². The predicted molar refractivity (Wildman–Crippen MR) is 104 cm³/mol. The Morgan fingerprint density at radius 3 is 2.71 bits per heavy atom. The quantitative estimate of drug-likeness (QED) is 0.649. The SMILES string of the molecule is COc1ccc(-c2csc3ncc(C(=O)N(C)CC4OCCO4)c(=O)n23)cc1. The van der Waals surface area contributed by atoms with Gasteiger partial charge in [-0.1, -0.05) is 0 Å². The molecule has 0 aliphatic carbocycles. The molecule has 0 saturated carbocycles. The molecule has 1 amide bonds. The van der Waals surface area contributed by atoms with Crippen LogP contribution in [0, 0.1) is 0 Å². The molecule has 0 atom stereocenters. The van der Waals surface area contributed by atoms with Gasteiger partial charge in [-0.2, -0.15) is 0 Å². The number of hydrogen-bond donors (Lipinski definition) is 0. The number of hydrogen-bond acceptors (Lipinski definition) is 7. The molecule has 1 fully saturated rings. The highest BCUT2D eigenvalue weighted by Crippen LogP contribution is 2.26. The summed E-state index contributed by atoms with van der Waals surface area (Å²) in [4.78, 5) is 32.1. The van der Waals surface area contributed by atoms with Gasteiger partial charge < -0.3 is 19.1 Å². The van der Waals surface area contributed by atoms with Crippen molar-refractivity contribution in [1.82, 2.24) is 14.3 Å². The Morgan fingerprint density at radius 1 is 1.32 bits per heavy atom. The lowest BCUT2D eigenvalue weighted by Crippen LogP contribution is -2.38. The first kappa shape index (κ1) is 18.6. The largest absolute Gasteiger partial charge is 0.497 e. The number of aromatic nitrogens is 2. The number of carbonyl (C=O) groups excluding carboxylic acids is 1. The second-order valence-electron chi connectivity index (χ2n) is 6.30. The van der Waals surface area contributed by atoms with Crippen molar-refractivity contribution >= 4 is 22.2 Å². The van der Waals surface area contributed by atoms with Crippen molar-refractivity contribution in [3.05, 3.63) is 51.8 Å². The maximum Gasteiger partial charge on any atom is 0.271 e. The van der Waals surface area contributed by atoms with E-state index in [1.54, 1.807) is 14.2 Å². The summed E-state index contributed by atoms with van der Waals surface area (Å²) < 4.78 is 17.4. The Labute approximate surface area is 164 Å². The smallest absolute Gasteiger partial charge is 0.271 e. The van der Waals surface area contributed by atoms with Crippen molar-refractivity contribution < 1.29 is 19.0 Å². The van der Waals surface area contributed by atoms with Crippen LogP contribution in [0.2, 0.25) is 0 Å². The molecule has 1 aromatic carbocycles. The Kier molecular flexibility index (Phi) is 5.12. The maximum absolute atomic E-state index is 13.1. The summed E-state index contributed by atoms with van der Waals surface area (Å²) in [5.41, 5.74) is 1.12. The van der Waals surface area contributed by atoms with E-state index in [2.05, 4.69) is 4.98 Å². The first-order valence-corrected chi connectivity index (χ1v) is 9.59. The molecule has 3 heterocycles. The van der Waals surface area contributed by atoms with Crippen LogP contribution < -0.4 is 10.3 Å². The second-order valence-corrected chi connectivity index (χ2v) is 7.14. The summed E-state index contributed by atoms with van der Waals surface area (Å²) in [7, 11) is 3.21. The van der Waals surface area contributed by atoms with Crippen molar-refractivity contribution in [3.8, 4) is 17.0 Å². The van der Waals surface area contributed by atoms with E-state index in [0.717, 1.165) is 11.3 Å². The zero-order valence-corrected chi connectivity index (χ0v) is 16.3. The number of nitrogens with zero attached hydrogens (tertiary/aromatic N) is 3. The summed E-state index contributed by atoms with van der Waals surface area (Å²) in [6, 6.07) is 7.37. The number of rotatable bonds is 5. The average Bonchev–Trinajstić information content (AvgIpc) is 3.38. The van der Waals surface area contributed by atoms with Gasteiger partial charge in [0.2, 0.25) is 0 Å². The molecule has 9 heteroatoms. The van der Waals surface area contributed by atoms with Crippen LogP contribution in [0.15, 0.2) is 40.6 Å². The zero-order chi connectivity index (χ0) is 19.7. The molecule has 0 N–H and O–H groups in total. The first-order chi connectivity index (χ1) is 13.6. The molecular weight excluding hydrogens is 382 g/mol. The second kappa shape index (κ2) is 7.70. The van der Waals surface area contributed by atoms with Crippen molar-refractivity contribution in [2.45, 2.75) is 6.29 Å². The van der Waals surface area contributed by atoms with Crippen molar-refractivity contribution in [3.63, 3.8) is 0 Å². The number of amides is 1. The Morgan fingerprint density at radius 2 is 2.04 bits per heavy atom. The molecular formula is C19H19N3O5S. The molecule has 0 spiro atoms. The lowest BCUT2D eigenvalue weighted by Gasteiger charge is -2.19. The van der Waals surface area contributed by atoms with Gasteiger partial charge in [-0.15, -0.1) is 11.3 Å². The van der Waals surface area contributed by atoms with E-state index in [-0.39, 0.29) is 12.1 Å². The molecule has 1 aliphatic heterocycles. The van der Waals surface area contributed by atoms with Gasteiger partial charge in [0, 0.05) is 18.6 Å². The van der Waals surface area contributed by atoms with Crippen LogP contribution in [-0.4, -0.2) is 60.4 Å². The van der Waals surface area contributed by atoms with Crippen LogP contribution in [0.5, 0.6) is 5.75 Å². The summed E-state index contributed by atoms with van der Waals surface area (Å²) in [5, 5.41) is 1.85. The maximum atomic E-state index is 13.1. The first-order valence-electron chi connectivity index (χ1n) is 8.71. The number of likely N-dealkylation sites (N-methyl/N-ethyl adjacent to an activating group) is 1. The highest BCUT2D eigenvalue weighted by Gasteiger charge is 2.24. The van der Waals surface area contributed by atoms with Crippen LogP contribution in [0.4, 0.5) is 0 Å². The molecule has 3 aromatic rings. The fourth-order valence-electron chi connectivity index (χ4n) is 3.03. The topological polar surface area (TPSA) is 82.4 Å². The van der Waals surface area contributed by atoms with E-state index in [1.165, 1.54) is 26.8 Å². The minimum atomic E-state index is -0.468. The van der Waals surface area contributed by atoms with Gasteiger partial charge >= 0.3 is 0 Å². The predicted octanol–water partition coefficient (Wildman–Crippen LogP) is 1.88. The summed E-state index contributed by atoms with van der Waals surface area (Å²) in [5.74, 6) is 0.306. The third-order valence-electron chi connectivity index (χ3n) is 4.52. The zero-order valence-electron chi connectivity index (χ0n) is 15.5. The van der Waals surface area contributed by atoms with Crippen LogP contribution in [-0.2, 0) is 9.47 Å². The van der Waals surface area contributed by atoms with Gasteiger partial charge in [0.15, 0.2) is 11.3 Å². The van der Waals surface area contributed by atoms with Crippen LogP contribution >= 0.6 is 11.3 Å². The molecule has 1 saturated heterocycles. The summed E-state index contributed by atoms with van der Waals surface area (Å²) >= 11 is 1.34. The minimum Gasteiger partial charge on any atom is -0.497 e. The van der Waals surface area contributed by atoms with Gasteiger partial charge in [0.05, 0.1) is 32.6 Å². The Hall–Kier alpha value is -2.75. The minimum absolute atomic E-state index is 0.00570. The Balaban J connectivity index is 1.69. The van der Waals surface area contributed by atoms with E-state index in [4.69, 9.17) is 14.2 Å². The van der Waals surface area contributed by atoms with Gasteiger partial charge in [0.1, 0.15) is 11.3 Å². The van der Waals surface area contributed by atoms with Crippen LogP contribution in [0.1, 0.15) is 10.4 Å². The van der Waals surface area contributed by atoms with E-state index in [1.807, 2.05) is 29.6 Å². The standard InChI is InChI=1S/C19H19N3O5S/c1-21(10-16-26-7-8-27-16)17(23)14-9-20-19-22(18(14)24)15(11-28-19)12-3-5-13(25-2)6-4-12/h3-6,9,11,16H,7-8,10H2,1-2H3. The van der Waals surface area contributed by atoms with E-state index >= 15 is 0 Å². The third kappa shape index (κ3) is 3.39. The van der Waals surface area contributed by atoms with Gasteiger partial charge in [-0.05, 0) is 29.8 Å². The number of fused-ring (bicyclic) bond motifs is 1. The molecule has 4 rings (SSSR count). The normalized spacial score (nSPS) is 14.5. The van der Waals surface area contributed by atoms with Crippen LogP contribution in [0.25, 0.3) is 16.2 Å². The molecule has 28 heavy (non-hydrogen) atoms. The Bertz CT molecular complexity index is 1050. The highest BCUT2D eigenvalue weighted by molar-refractivity contribution is 7.15. The monoisotopic (exact) mass is 401 g/mol. The van der Waals surface area contributed by atoms with Gasteiger partial charge in [0.25, 0.3) is 11.5 Å². The number of thiazole rings is 1. The van der Waals surface area contributed by atoms with Crippen LogP contribution in [0.3, 0.4) is 0 Å². The summed E-state index contributed by atoms with van der Waals surface area (Å²) in [6.45, 7) is 1.25. The lowest BCUT2D eigenvalue weighted by atomic mass is 10.1. The number of benzene rings is 1. The summed E-state index contributed by atoms with van der Waals surface area (Å²) in [6.07, 6.45) is 0.866. The highest BCUT2D eigenvalue weighted by atomic mass is 32.1. The van der Waals surface area contributed by atoms with E-state index < -0.39 is 17.8 Å². The van der Waals surface area contributed by atoms with E-state index in [9.17, 15) is 9.59 Å². The van der Waals surface area contributed by atoms with Gasteiger partial charge in [-0.3, -0.25) is 14.0 Å². The molecule has 8 nitrogen and oxygen atoms in total. The number of methoxy groups -OCH3 is 1. The lowest BCUT2D eigenvalue weighted by molar-refractivity contribution is -0.0543. The van der Waals surface area contributed by atoms with Crippen molar-refractivity contribution in [2.24, 2.45) is 0 Å². The number of ether oxygens (including phenoxy) is 3. The molecule has 0 unspecified atom stereocenters. The fourth-order valence-corrected chi connectivity index (χ4v) is 3.89. The molecule has 0 bridgehead atoms. The third-order valence-corrected chi connectivity index (χ3v) is 5.36. The number of carbonyl (C=O) groups is 1. The van der Waals surface area contributed by atoms with Gasteiger partial charge in [-0.25, -0.2) is 4.98 Å². The average molecular weight is 401 g/mol. The molecule has 1 aliphatic rings. The molecule has 0 radical (unpaired) electrons. The van der Waals surface area contributed by atoms with E-state index in [0.29, 0.717) is 23.9 Å². The fraction of sp³-hybridized carbons (Fsp3) is 0.316. The molecule has 2 aromatic heterocycles.